The lowest BCUT2D eigenvalue weighted by molar-refractivity contribution is -0.154. The highest BCUT2D eigenvalue weighted by Gasteiger charge is 2.25. The van der Waals surface area contributed by atoms with Gasteiger partial charge in [0.1, 0.15) is 6.10 Å². The quantitative estimate of drug-likeness (QED) is 0.0278. The summed E-state index contributed by atoms with van der Waals surface area (Å²) in [6, 6.07) is 0. The number of carbonyl (C=O) groups is 1. The number of ether oxygens (including phenoxy) is 2. The molecule has 0 aliphatic carbocycles. The van der Waals surface area contributed by atoms with E-state index >= 15 is 0 Å². The number of unbranched alkanes of at least 4 members (excludes halogenated alkanes) is 25. The van der Waals surface area contributed by atoms with Crippen molar-refractivity contribution in [2.75, 3.05) is 33.0 Å². The summed E-state index contributed by atoms with van der Waals surface area (Å²) >= 11 is 0. The van der Waals surface area contributed by atoms with Crippen LogP contribution in [0.5, 0.6) is 0 Å². The molecular weight excluding hydrogens is 637 g/mol. The number of allylic oxidation sites excluding steroid dienone is 2. The van der Waals surface area contributed by atoms with Gasteiger partial charge in [-0.1, -0.05) is 167 Å². The van der Waals surface area contributed by atoms with Gasteiger partial charge in [-0.25, -0.2) is 4.57 Å². The Labute approximate surface area is 303 Å². The molecule has 0 fully saturated rings. The molecule has 8 nitrogen and oxygen atoms in total. The monoisotopic (exact) mass is 718 g/mol. The molecule has 0 heterocycles. The molecule has 0 bridgehead atoms. The maximum atomic E-state index is 12.6. The lowest BCUT2D eigenvalue weighted by atomic mass is 10.0. The summed E-state index contributed by atoms with van der Waals surface area (Å²) in [6.45, 7) is 4.92. The highest BCUT2D eigenvalue weighted by Crippen LogP contribution is 2.43. The highest BCUT2D eigenvalue weighted by molar-refractivity contribution is 7.47. The first-order valence-electron chi connectivity index (χ1n) is 20.7. The lowest BCUT2D eigenvalue weighted by Gasteiger charge is -2.20. The number of nitrogens with two attached hydrogens (primary N) is 1. The van der Waals surface area contributed by atoms with Crippen LogP contribution in [-0.4, -0.2) is 49.9 Å². The third-order valence-electron chi connectivity index (χ3n) is 8.93. The normalized spacial score (nSPS) is 13.6. The molecule has 0 spiro atoms. The SMILES string of the molecule is CCCCC/C=C\CCCCCCCCOCC(COP(=O)(O)OCCN)OC(=O)CCCCCCCCCCCCCCCCCCC. The summed E-state index contributed by atoms with van der Waals surface area (Å²) in [4.78, 5) is 22.4. The van der Waals surface area contributed by atoms with E-state index in [0.29, 0.717) is 13.0 Å². The topological polar surface area (TPSA) is 117 Å². The van der Waals surface area contributed by atoms with Gasteiger partial charge in [-0.15, -0.1) is 0 Å². The number of hydrogen-bond donors (Lipinski definition) is 2. The van der Waals surface area contributed by atoms with E-state index in [1.165, 1.54) is 148 Å². The zero-order valence-corrected chi connectivity index (χ0v) is 33.1. The molecule has 9 heteroatoms. The molecule has 0 saturated carbocycles. The van der Waals surface area contributed by atoms with Gasteiger partial charge in [0.05, 0.1) is 19.8 Å². The van der Waals surface area contributed by atoms with Crippen molar-refractivity contribution in [3.05, 3.63) is 12.2 Å². The van der Waals surface area contributed by atoms with Gasteiger partial charge in [-0.2, -0.15) is 0 Å². The van der Waals surface area contributed by atoms with E-state index in [-0.39, 0.29) is 32.3 Å². The van der Waals surface area contributed by atoms with E-state index < -0.39 is 13.9 Å². The van der Waals surface area contributed by atoms with Gasteiger partial charge in [-0.05, 0) is 38.5 Å². The molecular formula is C40H80NO7P. The van der Waals surface area contributed by atoms with E-state index in [9.17, 15) is 14.3 Å². The lowest BCUT2D eigenvalue weighted by Crippen LogP contribution is -2.28. The fourth-order valence-electron chi connectivity index (χ4n) is 5.87. The predicted molar refractivity (Wildman–Crippen MR) is 206 cm³/mol. The van der Waals surface area contributed by atoms with Gasteiger partial charge in [0.15, 0.2) is 0 Å². The molecule has 3 N–H and O–H groups in total. The molecule has 0 amide bonds. The number of phosphoric ester groups is 1. The number of rotatable bonds is 40. The first kappa shape index (κ1) is 48.2. The molecule has 0 aromatic rings. The Balaban J connectivity index is 4.01. The molecule has 2 unspecified atom stereocenters. The molecule has 0 rings (SSSR count). The van der Waals surface area contributed by atoms with Crippen LogP contribution in [0.1, 0.15) is 200 Å². The van der Waals surface area contributed by atoms with Gasteiger partial charge in [0, 0.05) is 19.6 Å². The third kappa shape index (κ3) is 38.3. The summed E-state index contributed by atoms with van der Waals surface area (Å²) < 4.78 is 33.4. The van der Waals surface area contributed by atoms with Crippen molar-refractivity contribution in [1.29, 1.82) is 0 Å². The molecule has 2 atom stereocenters. The molecule has 0 saturated heterocycles. The molecule has 0 aliphatic heterocycles. The van der Waals surface area contributed by atoms with Crippen LogP contribution < -0.4 is 5.73 Å². The largest absolute Gasteiger partial charge is 0.472 e. The average molecular weight is 718 g/mol. The standard InChI is InChI=1S/C40H80NO7P/c1-3-5-7-9-11-13-15-17-18-19-20-21-23-25-27-29-31-33-40(42)48-39(38-47-49(43,44)46-36-34-41)37-45-35-32-30-28-26-24-22-16-14-12-10-8-6-4-2/h12,14,39H,3-11,13,15-38,41H2,1-2H3,(H,43,44)/b14-12-. The van der Waals surface area contributed by atoms with Crippen LogP contribution in [-0.2, 0) is 27.9 Å². The van der Waals surface area contributed by atoms with Gasteiger partial charge in [0.25, 0.3) is 0 Å². The fraction of sp³-hybridized carbons (Fsp3) is 0.925. The van der Waals surface area contributed by atoms with Crippen molar-refractivity contribution in [1.82, 2.24) is 0 Å². The Bertz CT molecular complexity index is 767. The Morgan fingerprint density at radius 3 is 1.53 bits per heavy atom. The maximum absolute atomic E-state index is 12.6. The van der Waals surface area contributed by atoms with Crippen molar-refractivity contribution < 1.29 is 32.8 Å². The van der Waals surface area contributed by atoms with Crippen LogP contribution in [0.3, 0.4) is 0 Å². The first-order chi connectivity index (χ1) is 23.9. The summed E-state index contributed by atoms with van der Waals surface area (Å²) in [7, 11) is -4.27. The van der Waals surface area contributed by atoms with Crippen molar-refractivity contribution in [3.8, 4) is 0 Å². The van der Waals surface area contributed by atoms with Gasteiger partial charge in [-0.3, -0.25) is 13.8 Å². The van der Waals surface area contributed by atoms with Crippen molar-refractivity contribution in [2.24, 2.45) is 5.73 Å². The number of esters is 1. The van der Waals surface area contributed by atoms with Gasteiger partial charge in [0.2, 0.25) is 0 Å². The smallest absolute Gasteiger partial charge is 0.457 e. The highest BCUT2D eigenvalue weighted by atomic mass is 31.2. The van der Waals surface area contributed by atoms with Crippen molar-refractivity contribution >= 4 is 13.8 Å². The zero-order valence-electron chi connectivity index (χ0n) is 32.2. The van der Waals surface area contributed by atoms with E-state index in [2.05, 4.69) is 26.0 Å². The van der Waals surface area contributed by atoms with Gasteiger partial charge < -0.3 is 20.1 Å². The summed E-state index contributed by atoms with van der Waals surface area (Å²) in [5, 5.41) is 0. The van der Waals surface area contributed by atoms with Crippen molar-refractivity contribution in [2.45, 2.75) is 206 Å². The molecule has 292 valence electrons. The van der Waals surface area contributed by atoms with Crippen LogP contribution in [0.25, 0.3) is 0 Å². The third-order valence-corrected chi connectivity index (χ3v) is 9.92. The minimum atomic E-state index is -4.27. The maximum Gasteiger partial charge on any atom is 0.472 e. The first-order valence-corrected chi connectivity index (χ1v) is 22.2. The van der Waals surface area contributed by atoms with Crippen LogP contribution in [0.4, 0.5) is 0 Å². The van der Waals surface area contributed by atoms with Crippen LogP contribution in [0.15, 0.2) is 12.2 Å². The van der Waals surface area contributed by atoms with E-state index in [0.717, 1.165) is 32.1 Å². The minimum Gasteiger partial charge on any atom is -0.457 e. The second kappa shape index (κ2) is 38.5. The minimum absolute atomic E-state index is 0.0935. The number of phosphoric acid groups is 1. The average Bonchev–Trinajstić information content (AvgIpc) is 3.09. The van der Waals surface area contributed by atoms with Gasteiger partial charge >= 0.3 is 13.8 Å². The summed E-state index contributed by atoms with van der Waals surface area (Å²) in [6.07, 6.45) is 39.3. The van der Waals surface area contributed by atoms with Crippen LogP contribution in [0.2, 0.25) is 0 Å². The van der Waals surface area contributed by atoms with E-state index in [1.807, 2.05) is 0 Å². The number of hydrogen-bond acceptors (Lipinski definition) is 7. The second-order valence-electron chi connectivity index (χ2n) is 13.9. The molecule has 0 aromatic heterocycles. The summed E-state index contributed by atoms with van der Waals surface area (Å²) in [5.41, 5.74) is 5.36. The Morgan fingerprint density at radius 1 is 0.592 bits per heavy atom. The fourth-order valence-corrected chi connectivity index (χ4v) is 6.64. The molecule has 0 aromatic carbocycles. The Hall–Kier alpha value is -0.760. The van der Waals surface area contributed by atoms with E-state index in [4.69, 9.17) is 24.3 Å². The van der Waals surface area contributed by atoms with Crippen molar-refractivity contribution in [3.63, 3.8) is 0 Å². The molecule has 49 heavy (non-hydrogen) atoms. The molecule has 0 aliphatic rings. The number of carbonyl (C=O) groups excluding carboxylic acids is 1. The summed E-state index contributed by atoms with van der Waals surface area (Å²) in [5.74, 6) is -0.329. The second-order valence-corrected chi connectivity index (χ2v) is 15.3. The zero-order chi connectivity index (χ0) is 35.9. The van der Waals surface area contributed by atoms with Crippen LogP contribution >= 0.6 is 7.82 Å². The predicted octanol–water partition coefficient (Wildman–Crippen LogP) is 11.9. The Kier molecular flexibility index (Phi) is 37.9. The van der Waals surface area contributed by atoms with E-state index in [1.54, 1.807) is 0 Å². The molecule has 0 radical (unpaired) electrons. The van der Waals surface area contributed by atoms with Crippen LogP contribution in [0, 0.1) is 0 Å². The Morgan fingerprint density at radius 2 is 1.02 bits per heavy atom.